The van der Waals surface area contributed by atoms with Crippen LogP contribution >= 0.6 is 27.3 Å². The average molecular weight is 438 g/mol. The Bertz CT molecular complexity index is 822. The van der Waals surface area contributed by atoms with E-state index in [1.807, 2.05) is 4.72 Å². The van der Waals surface area contributed by atoms with E-state index in [4.69, 9.17) is 0 Å². The van der Waals surface area contributed by atoms with Crippen LogP contribution in [0.1, 0.15) is 17.0 Å². The molecule has 0 amide bonds. The van der Waals surface area contributed by atoms with Crippen molar-refractivity contribution < 1.29 is 30.4 Å². The largest absolute Gasteiger partial charge is 0.416 e. The molecule has 0 radical (unpaired) electrons. The van der Waals surface area contributed by atoms with Crippen molar-refractivity contribution in [3.05, 3.63) is 33.2 Å². The number of nitrogens with one attached hydrogen (secondary N) is 1. The fourth-order valence-electron chi connectivity index (χ4n) is 1.42. The highest BCUT2D eigenvalue weighted by atomic mass is 79.9. The lowest BCUT2D eigenvalue weighted by atomic mass is 10.2. The van der Waals surface area contributed by atoms with Gasteiger partial charge in [0, 0.05) is 4.47 Å². The highest BCUT2D eigenvalue weighted by Gasteiger charge is 2.32. The SMILES string of the molecule is O=S(=O)(Nc1nnc(C(F)F)s1)c1cc(Br)cc(C(F)(F)F)c1. The smallest absolute Gasteiger partial charge is 0.253 e. The van der Waals surface area contributed by atoms with Crippen LogP contribution in [0.15, 0.2) is 27.6 Å². The summed E-state index contributed by atoms with van der Waals surface area (Å²) in [5, 5.41) is 5.08. The van der Waals surface area contributed by atoms with Gasteiger partial charge in [0.25, 0.3) is 16.4 Å². The maximum Gasteiger partial charge on any atom is 0.416 e. The average Bonchev–Trinajstić information content (AvgIpc) is 2.85. The molecule has 13 heteroatoms. The second-order valence-electron chi connectivity index (χ2n) is 4.03. The molecule has 2 rings (SSSR count). The van der Waals surface area contributed by atoms with E-state index in [-0.39, 0.29) is 15.8 Å². The summed E-state index contributed by atoms with van der Waals surface area (Å²) in [5.41, 5.74) is -1.18. The minimum Gasteiger partial charge on any atom is -0.253 e. The molecular weight excluding hydrogens is 433 g/mol. The maximum absolute atomic E-state index is 12.7. The minimum atomic E-state index is -4.75. The molecule has 23 heavy (non-hydrogen) atoms. The molecule has 1 heterocycles. The fraction of sp³-hybridized carbons (Fsp3) is 0.200. The third-order valence-electron chi connectivity index (χ3n) is 2.36. The zero-order valence-corrected chi connectivity index (χ0v) is 13.8. The van der Waals surface area contributed by atoms with Crippen LogP contribution in [0.25, 0.3) is 0 Å². The zero-order chi connectivity index (χ0) is 17.4. The van der Waals surface area contributed by atoms with Crippen LogP contribution in [-0.2, 0) is 16.2 Å². The lowest BCUT2D eigenvalue weighted by Crippen LogP contribution is -2.14. The molecule has 0 atom stereocenters. The van der Waals surface area contributed by atoms with Crippen molar-refractivity contribution in [3.8, 4) is 0 Å². The van der Waals surface area contributed by atoms with Crippen LogP contribution in [0, 0.1) is 0 Å². The van der Waals surface area contributed by atoms with E-state index in [2.05, 4.69) is 26.1 Å². The van der Waals surface area contributed by atoms with Crippen LogP contribution in [0.3, 0.4) is 0 Å². The summed E-state index contributed by atoms with van der Waals surface area (Å²) in [5.74, 6) is 0. The minimum absolute atomic E-state index is 0.113. The van der Waals surface area contributed by atoms with E-state index >= 15 is 0 Å². The van der Waals surface area contributed by atoms with Gasteiger partial charge in [0.05, 0.1) is 10.5 Å². The molecule has 126 valence electrons. The number of benzene rings is 1. The number of anilines is 1. The van der Waals surface area contributed by atoms with Crippen molar-refractivity contribution >= 4 is 42.4 Å². The van der Waals surface area contributed by atoms with Crippen LogP contribution in [0.5, 0.6) is 0 Å². The Morgan fingerprint density at radius 1 is 1.17 bits per heavy atom. The maximum atomic E-state index is 12.7. The van der Waals surface area contributed by atoms with E-state index < -0.39 is 43.2 Å². The molecule has 0 fully saturated rings. The van der Waals surface area contributed by atoms with E-state index in [1.165, 1.54) is 0 Å². The predicted octanol–water partition coefficient (Wildman–Crippen LogP) is 4.06. The Labute approximate surface area is 138 Å². The molecule has 0 aliphatic rings. The number of hydrogen-bond donors (Lipinski definition) is 1. The molecule has 0 unspecified atom stereocenters. The first-order chi connectivity index (χ1) is 10.5. The topological polar surface area (TPSA) is 72.0 Å². The van der Waals surface area contributed by atoms with Crippen LogP contribution < -0.4 is 4.72 Å². The van der Waals surface area contributed by atoms with Gasteiger partial charge in [-0.3, -0.25) is 4.72 Å². The number of hydrogen-bond acceptors (Lipinski definition) is 5. The third kappa shape index (κ3) is 4.35. The summed E-state index contributed by atoms with van der Waals surface area (Å²) in [6, 6.07) is 2.06. The van der Waals surface area contributed by atoms with Gasteiger partial charge in [-0.05, 0) is 18.2 Å². The van der Waals surface area contributed by atoms with E-state index in [0.717, 1.165) is 6.07 Å². The first-order valence-electron chi connectivity index (χ1n) is 5.51. The van der Waals surface area contributed by atoms with Gasteiger partial charge in [-0.1, -0.05) is 27.3 Å². The summed E-state index contributed by atoms with van der Waals surface area (Å²) in [4.78, 5) is -0.701. The highest BCUT2D eigenvalue weighted by molar-refractivity contribution is 9.10. The van der Waals surface area contributed by atoms with Crippen molar-refractivity contribution in [1.82, 2.24) is 10.2 Å². The van der Waals surface area contributed by atoms with Gasteiger partial charge in [-0.2, -0.15) is 13.2 Å². The molecular formula is C10H5BrF5N3O2S2. The molecule has 0 saturated heterocycles. The van der Waals surface area contributed by atoms with Gasteiger partial charge in [-0.15, -0.1) is 10.2 Å². The molecule has 0 aliphatic carbocycles. The molecule has 1 N–H and O–H groups in total. The molecule has 2 aromatic rings. The predicted molar refractivity (Wildman–Crippen MR) is 74.8 cm³/mol. The third-order valence-corrected chi connectivity index (χ3v) is 5.11. The molecule has 1 aromatic heterocycles. The molecule has 1 aromatic carbocycles. The Balaban J connectivity index is 2.37. The van der Waals surface area contributed by atoms with Gasteiger partial charge < -0.3 is 0 Å². The summed E-state index contributed by atoms with van der Waals surface area (Å²) in [6.07, 6.45) is -7.69. The first-order valence-corrected chi connectivity index (χ1v) is 8.60. The fourth-order valence-corrected chi connectivity index (χ4v) is 3.96. The normalized spacial score (nSPS) is 12.7. The second-order valence-corrected chi connectivity index (χ2v) is 7.63. The molecule has 0 aliphatic heterocycles. The summed E-state index contributed by atoms with van der Waals surface area (Å²) < 4.78 is 88.7. The quantitative estimate of drug-likeness (QED) is 0.732. The van der Waals surface area contributed by atoms with Crippen molar-refractivity contribution in [1.29, 1.82) is 0 Å². The number of aromatic nitrogens is 2. The standard InChI is InChI=1S/C10H5BrF5N3O2S2/c11-5-1-4(10(14,15)16)2-6(3-5)23(20,21)19-9-18-17-8(22-9)7(12)13/h1-3,7H,(H,18,19). The molecule has 0 saturated carbocycles. The van der Waals surface area contributed by atoms with Gasteiger partial charge in [-0.25, -0.2) is 17.2 Å². The number of alkyl halides is 5. The van der Waals surface area contributed by atoms with Gasteiger partial charge in [0.1, 0.15) is 0 Å². The second kappa shape index (κ2) is 6.28. The molecule has 0 spiro atoms. The van der Waals surface area contributed by atoms with Crippen LogP contribution in [0.2, 0.25) is 0 Å². The number of sulfonamides is 1. The highest BCUT2D eigenvalue weighted by Crippen LogP contribution is 2.34. The van der Waals surface area contributed by atoms with Crippen molar-refractivity contribution in [2.45, 2.75) is 17.5 Å². The van der Waals surface area contributed by atoms with Crippen molar-refractivity contribution in [3.63, 3.8) is 0 Å². The zero-order valence-electron chi connectivity index (χ0n) is 10.6. The Morgan fingerprint density at radius 3 is 2.35 bits per heavy atom. The Morgan fingerprint density at radius 2 is 1.83 bits per heavy atom. The lowest BCUT2D eigenvalue weighted by molar-refractivity contribution is -0.137. The van der Waals surface area contributed by atoms with Crippen molar-refractivity contribution in [2.24, 2.45) is 0 Å². The molecule has 0 bridgehead atoms. The monoisotopic (exact) mass is 437 g/mol. The van der Waals surface area contributed by atoms with Gasteiger partial charge >= 0.3 is 6.18 Å². The van der Waals surface area contributed by atoms with Gasteiger partial charge in [0.2, 0.25) is 5.13 Å². The van der Waals surface area contributed by atoms with Crippen molar-refractivity contribution in [2.75, 3.05) is 4.72 Å². The Hall–Kier alpha value is -1.34. The van der Waals surface area contributed by atoms with Crippen LogP contribution in [-0.4, -0.2) is 18.6 Å². The Kier molecular flexibility index (Phi) is 4.92. The number of rotatable bonds is 4. The summed E-state index contributed by atoms with van der Waals surface area (Å²) in [7, 11) is -4.45. The van der Waals surface area contributed by atoms with E-state index in [9.17, 15) is 30.4 Å². The van der Waals surface area contributed by atoms with E-state index in [0.29, 0.717) is 12.1 Å². The number of nitrogens with zero attached hydrogens (tertiary/aromatic N) is 2. The number of halogens is 6. The summed E-state index contributed by atoms with van der Waals surface area (Å²) in [6.45, 7) is 0. The summed E-state index contributed by atoms with van der Waals surface area (Å²) >= 11 is 3.07. The molecule has 5 nitrogen and oxygen atoms in total. The van der Waals surface area contributed by atoms with Gasteiger partial charge in [0.15, 0.2) is 5.01 Å². The van der Waals surface area contributed by atoms with E-state index in [1.54, 1.807) is 0 Å². The first kappa shape index (κ1) is 18.0. The van der Waals surface area contributed by atoms with Crippen LogP contribution in [0.4, 0.5) is 27.1 Å². The lowest BCUT2D eigenvalue weighted by Gasteiger charge is -2.10.